The molecule has 0 unspecified atom stereocenters. The van der Waals surface area contributed by atoms with Crippen molar-refractivity contribution in [1.82, 2.24) is 9.29 Å². The molecular formula is C18H21N3O6S2. The Hall–Kier alpha value is -2.34. The molecule has 1 aliphatic rings. The number of esters is 1. The number of aromatic nitrogens is 1. The van der Waals surface area contributed by atoms with E-state index in [9.17, 15) is 18.0 Å². The van der Waals surface area contributed by atoms with Crippen molar-refractivity contribution in [2.24, 2.45) is 0 Å². The van der Waals surface area contributed by atoms with Gasteiger partial charge in [0.05, 0.1) is 35.2 Å². The topological polar surface area (TPSA) is 115 Å². The van der Waals surface area contributed by atoms with Gasteiger partial charge in [-0.25, -0.2) is 13.4 Å². The van der Waals surface area contributed by atoms with Gasteiger partial charge in [-0.3, -0.25) is 9.59 Å². The van der Waals surface area contributed by atoms with E-state index in [1.165, 1.54) is 27.8 Å². The first-order chi connectivity index (χ1) is 13.8. The zero-order valence-corrected chi connectivity index (χ0v) is 17.4. The zero-order chi connectivity index (χ0) is 20.9. The molecule has 0 saturated carbocycles. The molecule has 29 heavy (non-hydrogen) atoms. The third kappa shape index (κ3) is 5.82. The molecule has 9 nitrogen and oxygen atoms in total. The summed E-state index contributed by atoms with van der Waals surface area (Å²) in [6.45, 7) is 2.63. The second kappa shape index (κ2) is 9.44. The number of sulfonamides is 1. The summed E-state index contributed by atoms with van der Waals surface area (Å²) in [7, 11) is -3.67. The Morgan fingerprint density at radius 1 is 1.31 bits per heavy atom. The van der Waals surface area contributed by atoms with Crippen molar-refractivity contribution in [3.05, 3.63) is 40.3 Å². The smallest absolute Gasteiger partial charge is 0.312 e. The quantitative estimate of drug-likeness (QED) is 0.645. The molecule has 11 heteroatoms. The Morgan fingerprint density at radius 2 is 2.07 bits per heavy atom. The number of ether oxygens (including phenoxy) is 2. The molecule has 0 bridgehead atoms. The molecule has 0 radical (unpaired) electrons. The number of nitrogens with one attached hydrogen (secondary N) is 1. The lowest BCUT2D eigenvalue weighted by Gasteiger charge is -2.26. The maximum Gasteiger partial charge on any atom is 0.312 e. The van der Waals surface area contributed by atoms with Gasteiger partial charge in [0.1, 0.15) is 0 Å². The molecule has 0 aliphatic carbocycles. The van der Waals surface area contributed by atoms with Crippen LogP contribution in [0.25, 0.3) is 0 Å². The summed E-state index contributed by atoms with van der Waals surface area (Å²) in [5.41, 5.74) is 0.898. The van der Waals surface area contributed by atoms with Gasteiger partial charge in [0, 0.05) is 24.2 Å². The maximum atomic E-state index is 12.7. The SMILES string of the molecule is Cc1nc(CC(=O)OCC(=O)Nc2cccc(S(=O)(=O)N3CCOCC3)c2)cs1. The summed E-state index contributed by atoms with van der Waals surface area (Å²) in [6, 6.07) is 5.95. The normalized spacial score (nSPS) is 15.1. The van der Waals surface area contributed by atoms with E-state index in [1.54, 1.807) is 17.5 Å². The highest BCUT2D eigenvalue weighted by Gasteiger charge is 2.26. The lowest BCUT2D eigenvalue weighted by molar-refractivity contribution is -0.146. The Balaban J connectivity index is 1.55. The Kier molecular flexibility index (Phi) is 6.96. The first-order valence-corrected chi connectivity index (χ1v) is 11.2. The van der Waals surface area contributed by atoms with Gasteiger partial charge < -0.3 is 14.8 Å². The van der Waals surface area contributed by atoms with Crippen LogP contribution in [0.2, 0.25) is 0 Å². The monoisotopic (exact) mass is 439 g/mol. The van der Waals surface area contributed by atoms with Crippen molar-refractivity contribution in [3.63, 3.8) is 0 Å². The summed E-state index contributed by atoms with van der Waals surface area (Å²) in [4.78, 5) is 28.1. The molecule has 156 valence electrons. The number of hydrogen-bond acceptors (Lipinski definition) is 8. The summed E-state index contributed by atoms with van der Waals surface area (Å²) in [5, 5.41) is 5.15. The fraction of sp³-hybridized carbons (Fsp3) is 0.389. The van der Waals surface area contributed by atoms with Crippen LogP contribution in [0.4, 0.5) is 5.69 Å². The molecule has 1 N–H and O–H groups in total. The highest BCUT2D eigenvalue weighted by atomic mass is 32.2. The predicted octanol–water partition coefficient (Wildman–Crippen LogP) is 1.20. The highest BCUT2D eigenvalue weighted by Crippen LogP contribution is 2.20. The van der Waals surface area contributed by atoms with Gasteiger partial charge in [-0.2, -0.15) is 4.31 Å². The van der Waals surface area contributed by atoms with Crippen LogP contribution in [-0.2, 0) is 35.5 Å². The van der Waals surface area contributed by atoms with E-state index in [4.69, 9.17) is 9.47 Å². The Bertz CT molecular complexity index is 983. The standard InChI is InChI=1S/C18H21N3O6S2/c1-13-19-15(12-28-13)10-18(23)27-11-17(22)20-14-3-2-4-16(9-14)29(24,25)21-5-7-26-8-6-21/h2-4,9,12H,5-8,10-11H2,1H3,(H,20,22). The summed E-state index contributed by atoms with van der Waals surface area (Å²) < 4.78 is 36.9. The van der Waals surface area contributed by atoms with Gasteiger partial charge in [-0.15, -0.1) is 11.3 Å². The van der Waals surface area contributed by atoms with Gasteiger partial charge >= 0.3 is 5.97 Å². The third-order valence-corrected chi connectivity index (χ3v) is 6.80. The second-order valence-electron chi connectivity index (χ2n) is 6.29. The van der Waals surface area contributed by atoms with Crippen LogP contribution in [0.1, 0.15) is 10.7 Å². The zero-order valence-electron chi connectivity index (χ0n) is 15.8. The van der Waals surface area contributed by atoms with Gasteiger partial charge in [0.2, 0.25) is 10.0 Å². The largest absolute Gasteiger partial charge is 0.455 e. The van der Waals surface area contributed by atoms with Crippen molar-refractivity contribution in [2.75, 3.05) is 38.2 Å². The van der Waals surface area contributed by atoms with Crippen LogP contribution in [-0.4, -0.2) is 62.5 Å². The highest BCUT2D eigenvalue weighted by molar-refractivity contribution is 7.89. The molecule has 2 aromatic rings. The minimum atomic E-state index is -3.67. The van der Waals surface area contributed by atoms with Gasteiger partial charge in [-0.1, -0.05) is 6.07 Å². The van der Waals surface area contributed by atoms with Crippen LogP contribution >= 0.6 is 11.3 Å². The number of amides is 1. The van der Waals surface area contributed by atoms with E-state index in [0.29, 0.717) is 24.6 Å². The number of nitrogens with zero attached hydrogens (tertiary/aromatic N) is 2. The van der Waals surface area contributed by atoms with Crippen LogP contribution in [0.5, 0.6) is 0 Å². The van der Waals surface area contributed by atoms with Gasteiger partial charge in [0.25, 0.3) is 5.91 Å². The molecule has 1 aromatic carbocycles. The van der Waals surface area contributed by atoms with Crippen molar-refractivity contribution < 1.29 is 27.5 Å². The minimum Gasteiger partial charge on any atom is -0.455 e. The van der Waals surface area contributed by atoms with Crippen LogP contribution in [0, 0.1) is 6.92 Å². The fourth-order valence-electron chi connectivity index (χ4n) is 2.70. The first kappa shape index (κ1) is 21.4. The number of carbonyl (C=O) groups is 2. The van der Waals surface area contributed by atoms with E-state index in [-0.39, 0.29) is 24.4 Å². The average molecular weight is 440 g/mol. The molecule has 1 saturated heterocycles. The molecule has 0 spiro atoms. The van der Waals surface area contributed by atoms with E-state index < -0.39 is 28.5 Å². The molecule has 1 amide bonds. The lowest BCUT2D eigenvalue weighted by atomic mass is 10.3. The first-order valence-electron chi connectivity index (χ1n) is 8.89. The van der Waals surface area contributed by atoms with E-state index >= 15 is 0 Å². The average Bonchev–Trinajstić information content (AvgIpc) is 3.12. The van der Waals surface area contributed by atoms with Crippen LogP contribution in [0.3, 0.4) is 0 Å². The number of hydrogen-bond donors (Lipinski definition) is 1. The van der Waals surface area contributed by atoms with Crippen molar-refractivity contribution in [3.8, 4) is 0 Å². The van der Waals surface area contributed by atoms with Gasteiger partial charge in [-0.05, 0) is 25.1 Å². The Morgan fingerprint density at radius 3 is 2.76 bits per heavy atom. The van der Waals surface area contributed by atoms with Crippen LogP contribution < -0.4 is 5.32 Å². The molecule has 1 aliphatic heterocycles. The molecule has 1 aromatic heterocycles. The molecular weight excluding hydrogens is 418 g/mol. The summed E-state index contributed by atoms with van der Waals surface area (Å²) in [6.07, 6.45) is -0.00903. The van der Waals surface area contributed by atoms with E-state index in [2.05, 4.69) is 10.3 Å². The van der Waals surface area contributed by atoms with E-state index in [0.717, 1.165) is 5.01 Å². The predicted molar refractivity (Wildman–Crippen MR) is 106 cm³/mol. The number of benzene rings is 1. The van der Waals surface area contributed by atoms with E-state index in [1.807, 2.05) is 6.92 Å². The minimum absolute atomic E-state index is 0.00903. The van der Waals surface area contributed by atoms with Crippen molar-refractivity contribution in [1.29, 1.82) is 0 Å². The summed E-state index contributed by atoms with van der Waals surface area (Å²) >= 11 is 1.43. The molecule has 1 fully saturated rings. The molecule has 0 atom stereocenters. The van der Waals surface area contributed by atoms with Crippen LogP contribution in [0.15, 0.2) is 34.5 Å². The number of aryl methyl sites for hydroxylation is 1. The van der Waals surface area contributed by atoms with Crippen molar-refractivity contribution >= 4 is 38.9 Å². The fourth-order valence-corrected chi connectivity index (χ4v) is 4.77. The molecule has 3 rings (SSSR count). The molecule has 2 heterocycles. The maximum absolute atomic E-state index is 12.7. The number of anilines is 1. The number of carbonyl (C=O) groups excluding carboxylic acids is 2. The van der Waals surface area contributed by atoms with Crippen molar-refractivity contribution in [2.45, 2.75) is 18.2 Å². The summed E-state index contributed by atoms with van der Waals surface area (Å²) in [5.74, 6) is -1.12. The second-order valence-corrected chi connectivity index (χ2v) is 9.29. The lowest BCUT2D eigenvalue weighted by Crippen LogP contribution is -2.40. The van der Waals surface area contributed by atoms with Gasteiger partial charge in [0.15, 0.2) is 6.61 Å². The number of morpholine rings is 1. The Labute approximate surface area is 172 Å². The number of thiazole rings is 1. The third-order valence-electron chi connectivity index (χ3n) is 4.08. The number of rotatable bonds is 7.